The Kier molecular flexibility index (Phi) is 9.79. The molecule has 0 aromatic carbocycles. The summed E-state index contributed by atoms with van der Waals surface area (Å²) >= 11 is 0. The number of hydrogen-bond donors (Lipinski definition) is 0. The highest BCUT2D eigenvalue weighted by atomic mass is 19.4. The molecule has 0 saturated heterocycles. The van der Waals surface area contributed by atoms with Gasteiger partial charge in [-0.25, -0.2) is 8.78 Å². The molecule has 0 unspecified atom stereocenters. The molecule has 24 heteroatoms. The van der Waals surface area contributed by atoms with E-state index in [-0.39, 0.29) is 0 Å². The van der Waals surface area contributed by atoms with Crippen LogP contribution in [0.3, 0.4) is 0 Å². The van der Waals surface area contributed by atoms with Gasteiger partial charge in [-0.05, 0) is 23.3 Å². The van der Waals surface area contributed by atoms with Crippen LogP contribution in [0.5, 0.6) is 0 Å². The van der Waals surface area contributed by atoms with Gasteiger partial charge >= 0.3 is 59.7 Å². The van der Waals surface area contributed by atoms with Gasteiger partial charge in [0.2, 0.25) is 0 Å². The second kappa shape index (κ2) is 10.5. The molecule has 0 radical (unpaired) electrons. The first-order chi connectivity index (χ1) is 17.9. The van der Waals surface area contributed by atoms with Crippen molar-refractivity contribution in [3.63, 3.8) is 0 Å². The van der Waals surface area contributed by atoms with E-state index in [1.807, 2.05) is 0 Å². The van der Waals surface area contributed by atoms with Gasteiger partial charge in [0.25, 0.3) is 0 Å². The molecule has 0 N–H and O–H groups in total. The summed E-state index contributed by atoms with van der Waals surface area (Å²) < 4.78 is 311. The molecule has 0 saturated carbocycles. The molecule has 0 aliphatic heterocycles. The Morgan fingerprint density at radius 3 is 0.690 bits per heavy atom. The van der Waals surface area contributed by atoms with Crippen molar-refractivity contribution in [3.05, 3.63) is 48.1 Å². The largest absolute Gasteiger partial charge is 0.460 e. The van der Waals surface area contributed by atoms with Gasteiger partial charge in [0.1, 0.15) is 0 Å². The average molecular weight is 678 g/mol. The number of halogens is 24. The molecular weight excluding hydrogens is 672 g/mol. The lowest BCUT2D eigenvalue weighted by Gasteiger charge is -2.36. The second-order valence-corrected chi connectivity index (χ2v) is 7.63. The first kappa shape index (κ1) is 39.3. The van der Waals surface area contributed by atoms with Gasteiger partial charge in [-0.3, -0.25) is 0 Å². The van der Waals surface area contributed by atoms with Crippen LogP contribution in [0.15, 0.2) is 48.1 Å². The molecule has 0 nitrogen and oxygen atoms in total. The van der Waals surface area contributed by atoms with E-state index in [1.54, 1.807) is 0 Å². The molecule has 0 aliphatic carbocycles. The van der Waals surface area contributed by atoms with Crippen molar-refractivity contribution >= 4 is 0 Å². The third-order valence-corrected chi connectivity index (χ3v) is 4.69. The Bertz CT molecular complexity index is 1020. The first-order valence-electron chi connectivity index (χ1n) is 9.15. The lowest BCUT2D eigenvalue weighted by molar-refractivity contribution is -0.419. The zero-order chi connectivity index (χ0) is 34.7. The van der Waals surface area contributed by atoms with Gasteiger partial charge in [-0.15, -0.1) is 0 Å². The topological polar surface area (TPSA) is 0 Å². The van der Waals surface area contributed by atoms with Crippen molar-refractivity contribution in [2.24, 2.45) is 0 Å². The maximum Gasteiger partial charge on any atom is 0.460 e. The second-order valence-electron chi connectivity index (χ2n) is 7.63. The highest BCUT2D eigenvalue weighted by Gasteiger charge is 2.89. The van der Waals surface area contributed by atoms with Crippen LogP contribution < -0.4 is 0 Å². The average Bonchev–Trinajstić information content (AvgIpc) is 2.76. The lowest BCUT2D eigenvalue weighted by Crippen LogP contribution is -2.66. The molecule has 0 rings (SSSR count). The first-order valence-corrected chi connectivity index (χ1v) is 9.15. The molecular formula is C18H6F24. The highest BCUT2D eigenvalue weighted by molar-refractivity contribution is 5.46. The van der Waals surface area contributed by atoms with Gasteiger partial charge in [0, 0.05) is 0 Å². The smallest absolute Gasteiger partial charge is 0.205 e. The third kappa shape index (κ3) is 5.64. The lowest BCUT2D eigenvalue weighted by atomic mass is 9.95. The summed E-state index contributed by atoms with van der Waals surface area (Å²) in [4.78, 5) is 0. The SMILES string of the molecule is C=C(/C=C(\F)C(F)(F)C(F)(F)C(F)(F)C(F)(F)C(F)(F)F)C(=C)/C=C(\F)C(F)(F)C(F)(F)C(F)(F)C(F)(F)C(F)(F)F. The van der Waals surface area contributed by atoms with Crippen LogP contribution >= 0.6 is 0 Å². The minimum absolute atomic E-state index is 1.47. The predicted octanol–water partition coefficient (Wildman–Crippen LogP) is 10.0. The van der Waals surface area contributed by atoms with E-state index in [4.69, 9.17) is 0 Å². The Morgan fingerprint density at radius 1 is 0.333 bits per heavy atom. The van der Waals surface area contributed by atoms with E-state index >= 15 is 0 Å². The van der Waals surface area contributed by atoms with E-state index in [2.05, 4.69) is 13.2 Å². The van der Waals surface area contributed by atoms with E-state index < -0.39 is 94.7 Å². The maximum atomic E-state index is 13.7. The Morgan fingerprint density at radius 2 is 0.524 bits per heavy atom. The maximum absolute atomic E-state index is 13.7. The molecule has 0 amide bonds. The minimum atomic E-state index is -8.17. The molecule has 246 valence electrons. The van der Waals surface area contributed by atoms with Crippen LogP contribution in [0.25, 0.3) is 0 Å². The molecule has 0 heterocycles. The van der Waals surface area contributed by atoms with Gasteiger partial charge in [-0.2, -0.15) is 96.6 Å². The predicted molar refractivity (Wildman–Crippen MR) is 88.3 cm³/mol. The number of rotatable bonds is 11. The quantitative estimate of drug-likeness (QED) is 0.151. The Hall–Kier alpha value is -2.72. The van der Waals surface area contributed by atoms with E-state index in [0.717, 1.165) is 0 Å². The summed E-state index contributed by atoms with van der Waals surface area (Å²) in [6, 6.07) is 0. The van der Waals surface area contributed by atoms with Crippen molar-refractivity contribution in [1.82, 2.24) is 0 Å². The molecule has 0 aromatic rings. The van der Waals surface area contributed by atoms with Crippen molar-refractivity contribution in [1.29, 1.82) is 0 Å². The minimum Gasteiger partial charge on any atom is -0.205 e. The van der Waals surface area contributed by atoms with E-state index in [9.17, 15) is 105 Å². The van der Waals surface area contributed by atoms with Crippen molar-refractivity contribution in [2.75, 3.05) is 0 Å². The summed E-state index contributed by atoms with van der Waals surface area (Å²) in [6.07, 6.45) is -18.3. The van der Waals surface area contributed by atoms with Gasteiger partial charge < -0.3 is 0 Å². The van der Waals surface area contributed by atoms with Crippen LogP contribution in [0, 0.1) is 0 Å². The van der Waals surface area contributed by atoms with E-state index in [0.29, 0.717) is 0 Å². The summed E-state index contributed by atoms with van der Waals surface area (Å²) in [5, 5.41) is 0. The van der Waals surface area contributed by atoms with Crippen molar-refractivity contribution in [3.8, 4) is 0 Å². The summed E-state index contributed by atoms with van der Waals surface area (Å²) in [7, 11) is 0. The fourth-order valence-electron chi connectivity index (χ4n) is 2.12. The molecule has 42 heavy (non-hydrogen) atoms. The number of allylic oxidation sites excluding steroid dienone is 6. The molecule has 0 bridgehead atoms. The van der Waals surface area contributed by atoms with Crippen molar-refractivity contribution in [2.45, 2.75) is 59.7 Å². The molecule has 0 atom stereocenters. The summed E-state index contributed by atoms with van der Waals surface area (Å²) in [5.74, 6) is -71.7. The molecule has 0 spiro atoms. The normalized spacial score (nSPS) is 16.6. The van der Waals surface area contributed by atoms with Gasteiger partial charge in [-0.1, -0.05) is 13.2 Å². The molecule has 0 aliphatic rings. The van der Waals surface area contributed by atoms with Crippen LogP contribution in [-0.4, -0.2) is 59.7 Å². The third-order valence-electron chi connectivity index (χ3n) is 4.69. The zero-order valence-electron chi connectivity index (χ0n) is 18.6. The summed E-state index contributed by atoms with van der Waals surface area (Å²) in [6.45, 7) is 4.38. The zero-order valence-corrected chi connectivity index (χ0v) is 18.6. The molecule has 0 fully saturated rings. The standard InChI is InChI=1S/C18H6F24/c1-5(3-7(19)9(21,22)11(25,26)13(29,30)15(33,34)17(37,38)39)6(2)4-8(20)10(23,24)12(27,28)14(31,32)16(35,36)18(40,41)42/h3-4H,1-2H2/b7-3-,8-4-. The van der Waals surface area contributed by atoms with E-state index in [1.165, 1.54) is 0 Å². The number of alkyl halides is 22. The highest BCUT2D eigenvalue weighted by Crippen LogP contribution is 2.60. The van der Waals surface area contributed by atoms with Crippen LogP contribution in [0.1, 0.15) is 0 Å². The Labute approximate surface area is 214 Å². The van der Waals surface area contributed by atoms with Crippen LogP contribution in [-0.2, 0) is 0 Å². The monoisotopic (exact) mass is 678 g/mol. The Balaban J connectivity index is 6.59. The van der Waals surface area contributed by atoms with Gasteiger partial charge in [0.15, 0.2) is 11.7 Å². The fourth-order valence-corrected chi connectivity index (χ4v) is 2.12. The molecule has 0 aromatic heterocycles. The van der Waals surface area contributed by atoms with Gasteiger partial charge in [0.05, 0.1) is 0 Å². The van der Waals surface area contributed by atoms with Crippen molar-refractivity contribution < 1.29 is 105 Å². The fraction of sp³-hybridized carbons (Fsp3) is 0.556. The van der Waals surface area contributed by atoms with Crippen LogP contribution in [0.2, 0.25) is 0 Å². The van der Waals surface area contributed by atoms with Crippen LogP contribution in [0.4, 0.5) is 105 Å². The number of hydrogen-bond acceptors (Lipinski definition) is 0. The summed E-state index contributed by atoms with van der Waals surface area (Å²) in [5.41, 5.74) is -4.34.